The number of ether oxygens (including phenoxy) is 4. The molecule has 8 nitrogen and oxygen atoms in total. The van der Waals surface area contributed by atoms with E-state index < -0.39 is 0 Å². The van der Waals surface area contributed by atoms with Crippen molar-refractivity contribution in [2.75, 3.05) is 22.9 Å². The zero-order chi connectivity index (χ0) is 43.6. The predicted molar refractivity (Wildman–Crippen MR) is 254 cm³/mol. The standard InChI is InChI=1S/C28H28N2O2.C26H24N2O2/c1-18-16-21(4-14-27(18)31-25-10-6-23(29)7-11-25)20(3)22-5-15-28(19(2)17-22)32-26-12-8-24(30)9-13-26;1-18(19-2-10-23(11-3-19)29-25-14-6-21(27)7-15-25)20-4-12-24(13-5-20)30-26-16-8-22(28)9-17-26/h4-17,20H,29-30H2,1-3H3;2-18H,27-28H2,1H3. The van der Waals surface area contributed by atoms with Crippen LogP contribution in [0.15, 0.2) is 182 Å². The van der Waals surface area contributed by atoms with E-state index in [1.807, 2.05) is 133 Å². The molecular weight excluding hydrogens is 769 g/mol. The van der Waals surface area contributed by atoms with Crippen molar-refractivity contribution >= 4 is 22.7 Å². The fourth-order valence-electron chi connectivity index (χ4n) is 6.82. The van der Waals surface area contributed by atoms with Crippen molar-refractivity contribution in [3.8, 4) is 46.0 Å². The van der Waals surface area contributed by atoms with Crippen molar-refractivity contribution in [1.29, 1.82) is 0 Å². The average molecular weight is 821 g/mol. The summed E-state index contributed by atoms with van der Waals surface area (Å²) in [5, 5.41) is 0. The van der Waals surface area contributed by atoms with Crippen LogP contribution in [0.1, 0.15) is 59.1 Å². The highest BCUT2D eigenvalue weighted by Crippen LogP contribution is 2.35. The molecule has 0 aliphatic carbocycles. The fraction of sp³-hybridized carbons (Fsp3) is 0.111. The Kier molecular flexibility index (Phi) is 13.3. The van der Waals surface area contributed by atoms with Crippen LogP contribution in [0.5, 0.6) is 46.0 Å². The van der Waals surface area contributed by atoms with Gasteiger partial charge in [-0.1, -0.05) is 62.4 Å². The van der Waals surface area contributed by atoms with Crippen molar-refractivity contribution in [3.63, 3.8) is 0 Å². The molecule has 8 aromatic carbocycles. The van der Waals surface area contributed by atoms with Gasteiger partial charge in [0.05, 0.1) is 0 Å². The van der Waals surface area contributed by atoms with Crippen molar-refractivity contribution in [2.24, 2.45) is 0 Å². The number of nitrogen functional groups attached to an aromatic ring is 4. The van der Waals surface area contributed by atoms with E-state index in [1.54, 1.807) is 0 Å². The predicted octanol–water partition coefficient (Wildman–Crippen LogP) is 13.8. The van der Waals surface area contributed by atoms with Gasteiger partial charge < -0.3 is 41.9 Å². The van der Waals surface area contributed by atoms with E-state index in [4.69, 9.17) is 41.9 Å². The topological polar surface area (TPSA) is 141 Å². The zero-order valence-corrected chi connectivity index (χ0v) is 35.4. The van der Waals surface area contributed by atoms with Gasteiger partial charge in [0.1, 0.15) is 46.0 Å². The van der Waals surface area contributed by atoms with Crippen molar-refractivity contribution in [3.05, 3.63) is 215 Å². The third-order valence-electron chi connectivity index (χ3n) is 10.6. The maximum absolute atomic E-state index is 6.02. The van der Waals surface area contributed by atoms with Gasteiger partial charge in [-0.05, 0) is 181 Å². The van der Waals surface area contributed by atoms with Crippen LogP contribution < -0.4 is 41.9 Å². The minimum Gasteiger partial charge on any atom is -0.457 e. The molecule has 0 saturated heterocycles. The van der Waals surface area contributed by atoms with E-state index in [0.29, 0.717) is 0 Å². The smallest absolute Gasteiger partial charge is 0.130 e. The summed E-state index contributed by atoms with van der Waals surface area (Å²) >= 11 is 0. The maximum atomic E-state index is 6.02. The molecule has 0 aromatic heterocycles. The molecule has 0 radical (unpaired) electrons. The van der Waals surface area contributed by atoms with Crippen LogP contribution in [-0.4, -0.2) is 0 Å². The SMILES string of the molecule is CC(c1ccc(Oc2ccc(N)cc2)cc1)c1ccc(Oc2ccc(N)cc2)cc1.Cc1cc(C(C)c2ccc(Oc3ccc(N)cc3)c(C)c2)ccc1Oc1ccc(N)cc1. The Morgan fingerprint density at radius 3 is 0.790 bits per heavy atom. The molecule has 0 bridgehead atoms. The fourth-order valence-corrected chi connectivity index (χ4v) is 6.82. The van der Waals surface area contributed by atoms with Gasteiger partial charge in [-0.15, -0.1) is 0 Å². The highest BCUT2D eigenvalue weighted by molar-refractivity contribution is 5.50. The van der Waals surface area contributed by atoms with Crippen molar-refractivity contribution in [2.45, 2.75) is 39.5 Å². The van der Waals surface area contributed by atoms with Crippen LogP contribution >= 0.6 is 0 Å². The average Bonchev–Trinajstić information content (AvgIpc) is 3.28. The second-order valence-corrected chi connectivity index (χ2v) is 15.3. The van der Waals surface area contributed by atoms with Gasteiger partial charge in [-0.3, -0.25) is 0 Å². The molecule has 312 valence electrons. The molecule has 0 unspecified atom stereocenters. The summed E-state index contributed by atoms with van der Waals surface area (Å²) in [6.07, 6.45) is 0. The van der Waals surface area contributed by atoms with Crippen LogP contribution in [0.25, 0.3) is 0 Å². The molecule has 0 spiro atoms. The first-order chi connectivity index (χ1) is 29.9. The number of hydrogen-bond acceptors (Lipinski definition) is 8. The molecule has 62 heavy (non-hydrogen) atoms. The van der Waals surface area contributed by atoms with Crippen LogP contribution in [0.4, 0.5) is 22.7 Å². The number of benzene rings is 8. The van der Waals surface area contributed by atoms with Crippen LogP contribution in [0.2, 0.25) is 0 Å². The van der Waals surface area contributed by atoms with Crippen LogP contribution in [0.3, 0.4) is 0 Å². The third kappa shape index (κ3) is 11.2. The number of anilines is 4. The summed E-state index contributed by atoms with van der Waals surface area (Å²) < 4.78 is 23.8. The summed E-state index contributed by atoms with van der Waals surface area (Å²) in [6, 6.07) is 58.6. The minimum atomic E-state index is 0.239. The van der Waals surface area contributed by atoms with Crippen LogP contribution in [-0.2, 0) is 0 Å². The van der Waals surface area contributed by atoms with Gasteiger partial charge in [0.15, 0.2) is 0 Å². The molecular formula is C54H52N4O4. The lowest BCUT2D eigenvalue weighted by atomic mass is 9.91. The zero-order valence-electron chi connectivity index (χ0n) is 35.4. The summed E-state index contributed by atoms with van der Waals surface area (Å²) in [6.45, 7) is 8.53. The van der Waals surface area contributed by atoms with Crippen molar-refractivity contribution in [1.82, 2.24) is 0 Å². The molecule has 8 rings (SSSR count). The van der Waals surface area contributed by atoms with Crippen molar-refractivity contribution < 1.29 is 18.9 Å². The molecule has 0 aliphatic rings. The second kappa shape index (κ2) is 19.5. The molecule has 8 N–H and O–H groups in total. The third-order valence-corrected chi connectivity index (χ3v) is 10.6. The monoisotopic (exact) mass is 820 g/mol. The van der Waals surface area contributed by atoms with E-state index in [0.717, 1.165) is 79.9 Å². The Labute approximate surface area is 364 Å². The Bertz CT molecular complexity index is 2490. The molecule has 0 atom stereocenters. The van der Waals surface area contributed by atoms with Gasteiger partial charge in [-0.2, -0.15) is 0 Å². The summed E-state index contributed by atoms with van der Waals surface area (Å²) in [5.41, 5.74) is 32.9. The molecule has 0 aliphatic heterocycles. The molecule has 0 heterocycles. The first-order valence-corrected chi connectivity index (χ1v) is 20.5. The molecule has 8 heteroatoms. The lowest BCUT2D eigenvalue weighted by molar-refractivity contribution is 0.478. The summed E-state index contributed by atoms with van der Waals surface area (Å²) in [4.78, 5) is 0. The minimum absolute atomic E-state index is 0.239. The van der Waals surface area contributed by atoms with E-state index in [1.165, 1.54) is 22.3 Å². The second-order valence-electron chi connectivity index (χ2n) is 15.3. The maximum Gasteiger partial charge on any atom is 0.130 e. The summed E-state index contributed by atoms with van der Waals surface area (Å²) in [5.74, 6) is 6.84. The molecule has 0 fully saturated rings. The first kappa shape index (κ1) is 42.3. The van der Waals surface area contributed by atoms with Crippen LogP contribution in [0, 0.1) is 13.8 Å². The van der Waals surface area contributed by atoms with E-state index >= 15 is 0 Å². The number of rotatable bonds is 12. The van der Waals surface area contributed by atoms with E-state index in [9.17, 15) is 0 Å². The Morgan fingerprint density at radius 1 is 0.290 bits per heavy atom. The van der Waals surface area contributed by atoms with Gasteiger partial charge in [0.2, 0.25) is 0 Å². The number of hydrogen-bond donors (Lipinski definition) is 4. The lowest BCUT2D eigenvalue weighted by Crippen LogP contribution is -1.99. The normalized spacial score (nSPS) is 10.8. The molecule has 8 aromatic rings. The summed E-state index contributed by atoms with van der Waals surface area (Å²) in [7, 11) is 0. The quantitative estimate of drug-likeness (QED) is 0.0893. The molecule has 0 saturated carbocycles. The highest BCUT2D eigenvalue weighted by atomic mass is 16.5. The molecule has 0 amide bonds. The lowest BCUT2D eigenvalue weighted by Gasteiger charge is -2.17. The van der Waals surface area contributed by atoms with Gasteiger partial charge in [0.25, 0.3) is 0 Å². The Balaban J connectivity index is 0.000000187. The van der Waals surface area contributed by atoms with Gasteiger partial charge in [0, 0.05) is 34.6 Å². The number of aryl methyl sites for hydroxylation is 2. The largest absolute Gasteiger partial charge is 0.457 e. The van der Waals surface area contributed by atoms with E-state index in [-0.39, 0.29) is 11.8 Å². The van der Waals surface area contributed by atoms with Gasteiger partial charge in [-0.25, -0.2) is 0 Å². The Hall–Kier alpha value is -7.84. The Morgan fingerprint density at radius 2 is 0.516 bits per heavy atom. The first-order valence-electron chi connectivity index (χ1n) is 20.5. The van der Waals surface area contributed by atoms with E-state index in [2.05, 4.69) is 76.2 Å². The highest BCUT2D eigenvalue weighted by Gasteiger charge is 2.14. The van der Waals surface area contributed by atoms with Gasteiger partial charge >= 0.3 is 0 Å². The number of nitrogens with two attached hydrogens (primary N) is 4.